The fourth-order valence-electron chi connectivity index (χ4n) is 11.7. The molecule has 0 spiro atoms. The minimum absolute atomic E-state index is 0.0965. The molecule has 45 heavy (non-hydrogen) atoms. The molecular formula is C38H54O7. The average molecular weight is 623 g/mol. The first-order valence-electron chi connectivity index (χ1n) is 18.3. The third-order valence-corrected chi connectivity index (χ3v) is 14.1. The topological polar surface area (TPSA) is 72.5 Å². The van der Waals surface area contributed by atoms with E-state index in [-0.39, 0.29) is 42.9 Å². The minimum atomic E-state index is -0.682. The van der Waals surface area contributed by atoms with E-state index in [1.54, 1.807) is 12.1 Å². The lowest BCUT2D eigenvalue weighted by Gasteiger charge is -2.57. The number of rotatable bonds is 2. The van der Waals surface area contributed by atoms with Gasteiger partial charge in [-0.1, -0.05) is 52.3 Å². The number of hydrogen-bond donors (Lipinski definition) is 0. The van der Waals surface area contributed by atoms with Crippen LogP contribution in [0.3, 0.4) is 0 Å². The van der Waals surface area contributed by atoms with Crippen LogP contribution in [-0.4, -0.2) is 49.3 Å². The van der Waals surface area contributed by atoms with Gasteiger partial charge in [-0.15, -0.1) is 0 Å². The Balaban J connectivity index is 1.19. The van der Waals surface area contributed by atoms with E-state index in [1.807, 2.05) is 18.2 Å². The van der Waals surface area contributed by atoms with E-state index in [0.29, 0.717) is 71.3 Å². The lowest BCUT2D eigenvalue weighted by Crippen LogP contribution is -2.60. The Bertz CT molecular complexity index is 1210. The Hall–Kier alpha value is -1.67. The second-order valence-corrected chi connectivity index (χ2v) is 16.2. The van der Waals surface area contributed by atoms with Crippen LogP contribution in [0, 0.1) is 65.1 Å². The van der Waals surface area contributed by atoms with Crippen molar-refractivity contribution in [3.05, 3.63) is 30.3 Å². The number of fused-ring (bicyclic) bond motifs is 5. The molecule has 1 aromatic rings. The average Bonchev–Trinajstić information content (AvgIpc) is 3.31. The quantitative estimate of drug-likeness (QED) is 0.246. The second-order valence-electron chi connectivity index (χ2n) is 16.2. The molecule has 7 heteroatoms. The van der Waals surface area contributed by atoms with Crippen molar-refractivity contribution in [2.45, 2.75) is 129 Å². The van der Waals surface area contributed by atoms with E-state index in [9.17, 15) is 4.79 Å². The van der Waals surface area contributed by atoms with Gasteiger partial charge >= 0.3 is 6.16 Å². The van der Waals surface area contributed by atoms with Crippen LogP contribution < -0.4 is 4.74 Å². The van der Waals surface area contributed by atoms with Gasteiger partial charge in [0.15, 0.2) is 12.6 Å². The van der Waals surface area contributed by atoms with Gasteiger partial charge in [-0.2, -0.15) is 0 Å². The third kappa shape index (κ3) is 5.36. The molecule has 248 valence electrons. The van der Waals surface area contributed by atoms with Crippen molar-refractivity contribution in [2.24, 2.45) is 65.1 Å². The molecule has 2 aliphatic carbocycles. The summed E-state index contributed by atoms with van der Waals surface area (Å²) in [6.07, 6.45) is 7.00. The summed E-state index contributed by atoms with van der Waals surface area (Å²) in [5, 5.41) is 0. The van der Waals surface area contributed by atoms with Crippen LogP contribution >= 0.6 is 0 Å². The Morgan fingerprint density at radius 2 is 1.33 bits per heavy atom. The molecule has 7 nitrogen and oxygen atoms in total. The molecule has 5 heterocycles. The van der Waals surface area contributed by atoms with Crippen molar-refractivity contribution in [2.75, 3.05) is 0 Å². The molecule has 5 aliphatic heterocycles. The zero-order chi connectivity index (χ0) is 31.0. The van der Waals surface area contributed by atoms with Crippen molar-refractivity contribution in [1.82, 2.24) is 0 Å². The van der Waals surface area contributed by atoms with Crippen LogP contribution in [0.1, 0.15) is 86.0 Å². The van der Waals surface area contributed by atoms with Gasteiger partial charge in [-0.25, -0.2) is 4.79 Å². The number of ether oxygens (including phenoxy) is 6. The minimum Gasteiger partial charge on any atom is -0.428 e. The molecule has 0 radical (unpaired) electrons. The fourth-order valence-corrected chi connectivity index (χ4v) is 11.7. The van der Waals surface area contributed by atoms with E-state index < -0.39 is 12.3 Å². The van der Waals surface area contributed by atoms with Gasteiger partial charge in [0.05, 0.1) is 18.3 Å². The van der Waals surface area contributed by atoms with Gasteiger partial charge in [-0.05, 0) is 111 Å². The van der Waals surface area contributed by atoms with Crippen LogP contribution in [0.15, 0.2) is 30.3 Å². The molecule has 2 saturated carbocycles. The maximum Gasteiger partial charge on any atom is 0.514 e. The van der Waals surface area contributed by atoms with Crippen molar-refractivity contribution < 1.29 is 33.2 Å². The van der Waals surface area contributed by atoms with Crippen LogP contribution in [0.5, 0.6) is 5.75 Å². The summed E-state index contributed by atoms with van der Waals surface area (Å²) in [5.74, 6) is 5.67. The first-order valence-corrected chi connectivity index (χ1v) is 18.3. The van der Waals surface area contributed by atoms with Crippen LogP contribution in [-0.2, 0) is 23.7 Å². The molecular weight excluding hydrogens is 568 g/mol. The third-order valence-electron chi connectivity index (χ3n) is 14.1. The summed E-state index contributed by atoms with van der Waals surface area (Å²) < 4.78 is 40.2. The summed E-state index contributed by atoms with van der Waals surface area (Å²) in [5.41, 5.74) is 0. The monoisotopic (exact) mass is 622 g/mol. The molecule has 1 aromatic carbocycles. The van der Waals surface area contributed by atoms with Crippen molar-refractivity contribution in [3.63, 3.8) is 0 Å². The predicted molar refractivity (Wildman–Crippen MR) is 168 cm³/mol. The SMILES string of the molecule is CC1CCC2C(C)C3CC4C(C)C(CC(OC(=O)Oc5ccccc5)C5OC6OC3CCC3C(C)CCC(C5C)C63)OC(O1)C42. The highest BCUT2D eigenvalue weighted by atomic mass is 16.7. The normalized spacial score (nSPS) is 52.0. The Morgan fingerprint density at radius 3 is 2.16 bits per heavy atom. The van der Waals surface area contributed by atoms with Crippen LogP contribution in [0.2, 0.25) is 0 Å². The predicted octanol–water partition coefficient (Wildman–Crippen LogP) is 7.86. The van der Waals surface area contributed by atoms with E-state index >= 15 is 0 Å². The van der Waals surface area contributed by atoms with E-state index in [4.69, 9.17) is 28.4 Å². The van der Waals surface area contributed by atoms with Gasteiger partial charge in [0.1, 0.15) is 18.0 Å². The molecule has 0 amide bonds. The van der Waals surface area contributed by atoms with Crippen LogP contribution in [0.4, 0.5) is 4.79 Å². The zero-order valence-corrected chi connectivity index (χ0v) is 27.8. The number of carbonyl (C=O) groups is 1. The van der Waals surface area contributed by atoms with E-state index in [2.05, 4.69) is 34.6 Å². The van der Waals surface area contributed by atoms with E-state index in [1.165, 1.54) is 25.7 Å². The van der Waals surface area contributed by atoms with Gasteiger partial charge in [-0.3, -0.25) is 0 Å². The largest absolute Gasteiger partial charge is 0.514 e. The summed E-state index contributed by atoms with van der Waals surface area (Å²) in [6, 6.07) is 9.19. The molecule has 18 atom stereocenters. The number of benzene rings is 1. The van der Waals surface area contributed by atoms with Gasteiger partial charge in [0.25, 0.3) is 0 Å². The Labute approximate surface area is 269 Å². The van der Waals surface area contributed by atoms with Crippen molar-refractivity contribution in [3.8, 4) is 5.75 Å². The lowest BCUT2D eigenvalue weighted by atomic mass is 9.55. The number of carbonyl (C=O) groups excluding carboxylic acids is 1. The fraction of sp³-hybridized carbons (Fsp3) is 0.816. The summed E-state index contributed by atoms with van der Waals surface area (Å²) in [4.78, 5) is 13.4. The van der Waals surface area contributed by atoms with Gasteiger partial charge in [0.2, 0.25) is 0 Å². The zero-order valence-electron chi connectivity index (χ0n) is 27.8. The maximum atomic E-state index is 13.4. The van der Waals surface area contributed by atoms with E-state index in [0.717, 1.165) is 19.3 Å². The highest BCUT2D eigenvalue weighted by Crippen LogP contribution is 2.59. The highest BCUT2D eigenvalue weighted by Gasteiger charge is 2.60. The Kier molecular flexibility index (Phi) is 8.24. The molecule has 0 aromatic heterocycles. The molecule has 18 unspecified atom stereocenters. The standard InChI is InChI=1S/C38H54O7/c1-19-11-13-27-23(5)35-32(44-38(39)41-24-9-7-6-8-10-24)18-31-22(4)29-17-28(30-16-15-25(19)33(27)37(42-30)45-35)21(3)26-14-12-20(2)40-36(43-31)34(26)29/h6-10,19-23,25-37H,11-18H2,1-5H3. The van der Waals surface area contributed by atoms with Crippen molar-refractivity contribution >= 4 is 6.16 Å². The first kappa shape index (κ1) is 30.7. The summed E-state index contributed by atoms with van der Waals surface area (Å²) in [7, 11) is 0. The second kappa shape index (κ2) is 12.1. The highest BCUT2D eigenvalue weighted by molar-refractivity contribution is 5.64. The van der Waals surface area contributed by atoms with Crippen molar-refractivity contribution in [1.29, 1.82) is 0 Å². The first-order chi connectivity index (χ1) is 21.8. The van der Waals surface area contributed by atoms with Gasteiger partial charge in [0, 0.05) is 18.3 Å². The molecule has 6 bridgehead atoms. The maximum absolute atomic E-state index is 13.4. The number of para-hydroxylation sites is 1. The Morgan fingerprint density at radius 1 is 0.644 bits per heavy atom. The molecule has 0 N–H and O–H groups in total. The summed E-state index contributed by atoms with van der Waals surface area (Å²) in [6.45, 7) is 11.9. The molecule has 5 saturated heterocycles. The molecule has 7 aliphatic rings. The molecule has 7 fully saturated rings. The smallest absolute Gasteiger partial charge is 0.428 e. The number of hydrogen-bond acceptors (Lipinski definition) is 7. The molecule has 8 rings (SSSR count). The summed E-state index contributed by atoms with van der Waals surface area (Å²) >= 11 is 0. The lowest BCUT2D eigenvalue weighted by molar-refractivity contribution is -0.322. The van der Waals surface area contributed by atoms with Crippen LogP contribution in [0.25, 0.3) is 0 Å². The van der Waals surface area contributed by atoms with Gasteiger partial charge < -0.3 is 28.4 Å².